The molecule has 1 aromatic carbocycles. The summed E-state index contributed by atoms with van der Waals surface area (Å²) >= 11 is 0. The van der Waals surface area contributed by atoms with E-state index in [1.807, 2.05) is 0 Å². The topological polar surface area (TPSA) is 55.3 Å². The maximum absolute atomic E-state index is 13.0. The van der Waals surface area contributed by atoms with Gasteiger partial charge in [0.15, 0.2) is 0 Å². The van der Waals surface area contributed by atoms with Crippen molar-refractivity contribution in [1.29, 1.82) is 0 Å². The Kier molecular flexibility index (Phi) is 4.75. The van der Waals surface area contributed by atoms with Crippen LogP contribution in [0, 0.1) is 5.82 Å². The zero-order chi connectivity index (χ0) is 17.1. The summed E-state index contributed by atoms with van der Waals surface area (Å²) in [5.41, 5.74) is 2.82. The van der Waals surface area contributed by atoms with Crippen LogP contribution < -0.4 is 0 Å². The number of halogens is 3. The molecule has 24 heavy (non-hydrogen) atoms. The summed E-state index contributed by atoms with van der Waals surface area (Å²) < 4.78 is 41.1. The molecular weight excluding hydrogens is 323 g/mol. The van der Waals surface area contributed by atoms with Crippen molar-refractivity contribution < 1.29 is 22.7 Å². The van der Waals surface area contributed by atoms with E-state index < -0.39 is 19.1 Å². The van der Waals surface area contributed by atoms with Gasteiger partial charge in [-0.15, -0.1) is 0 Å². The third-order valence-electron chi connectivity index (χ3n) is 3.77. The number of nitrogens with zero attached hydrogens (tertiary/aromatic N) is 3. The van der Waals surface area contributed by atoms with Crippen LogP contribution in [0.15, 0.2) is 30.3 Å². The van der Waals surface area contributed by atoms with Gasteiger partial charge in [0.05, 0.1) is 11.4 Å². The van der Waals surface area contributed by atoms with Crippen LogP contribution in [0.3, 0.4) is 0 Å². The van der Waals surface area contributed by atoms with E-state index in [1.165, 1.54) is 17.0 Å². The number of ether oxygens (including phenoxy) is 1. The smallest absolute Gasteiger partial charge is 0.336 e. The molecule has 0 aliphatic carbocycles. The number of benzene rings is 1. The van der Waals surface area contributed by atoms with Gasteiger partial charge in [-0.1, -0.05) is 0 Å². The summed E-state index contributed by atoms with van der Waals surface area (Å²) in [5, 5.41) is 8.27. The Labute approximate surface area is 136 Å². The van der Waals surface area contributed by atoms with E-state index in [0.29, 0.717) is 24.2 Å². The van der Waals surface area contributed by atoms with E-state index in [2.05, 4.69) is 14.9 Å². The Morgan fingerprint density at radius 1 is 1.25 bits per heavy atom. The summed E-state index contributed by atoms with van der Waals surface area (Å²) in [4.78, 5) is 13.3. The Hall–Kier alpha value is -2.48. The second kappa shape index (κ2) is 6.96. The quantitative estimate of drug-likeness (QED) is 0.860. The van der Waals surface area contributed by atoms with Gasteiger partial charge in [0, 0.05) is 25.1 Å². The highest BCUT2D eigenvalue weighted by molar-refractivity contribution is 5.77. The molecule has 2 aromatic rings. The van der Waals surface area contributed by atoms with E-state index in [-0.39, 0.29) is 12.4 Å². The second-order valence-corrected chi connectivity index (χ2v) is 5.35. The Bertz CT molecular complexity index is 738. The average molecular weight is 337 g/mol. The first-order valence-corrected chi connectivity index (χ1v) is 7.32. The Morgan fingerprint density at radius 2 is 2.00 bits per heavy atom. The number of hydrogen-bond donors (Lipinski definition) is 0. The van der Waals surface area contributed by atoms with E-state index in [1.54, 1.807) is 18.2 Å². The average Bonchev–Trinajstić information content (AvgIpc) is 2.59. The van der Waals surface area contributed by atoms with Crippen molar-refractivity contribution in [1.82, 2.24) is 15.1 Å². The molecule has 5 nitrogen and oxygen atoms in total. The van der Waals surface area contributed by atoms with Gasteiger partial charge in [0.1, 0.15) is 12.4 Å². The van der Waals surface area contributed by atoms with E-state index in [9.17, 15) is 18.0 Å². The van der Waals surface area contributed by atoms with E-state index in [0.717, 1.165) is 11.3 Å². The molecular formula is C16H14F3N3O2. The molecule has 3 rings (SSSR count). The number of rotatable bonds is 4. The fourth-order valence-corrected chi connectivity index (χ4v) is 2.53. The summed E-state index contributed by atoms with van der Waals surface area (Å²) in [6, 6.07) is 7.62. The van der Waals surface area contributed by atoms with Crippen molar-refractivity contribution in [2.75, 3.05) is 13.2 Å². The molecule has 126 valence electrons. The van der Waals surface area contributed by atoms with Crippen molar-refractivity contribution in [3.05, 3.63) is 47.4 Å². The molecule has 1 aliphatic rings. The van der Waals surface area contributed by atoms with Crippen LogP contribution in [0.1, 0.15) is 11.3 Å². The van der Waals surface area contributed by atoms with Gasteiger partial charge in [-0.25, -0.2) is 4.39 Å². The van der Waals surface area contributed by atoms with Crippen molar-refractivity contribution in [3.8, 4) is 11.3 Å². The lowest BCUT2D eigenvalue weighted by Gasteiger charge is -2.28. The molecule has 2 heterocycles. The SMILES string of the molecule is O=C(COC(F)F)N1CCc2nnc(-c3ccc(F)cc3)cc2C1. The molecule has 1 amide bonds. The molecule has 0 fully saturated rings. The van der Waals surface area contributed by atoms with Crippen LogP contribution in [0.5, 0.6) is 0 Å². The summed E-state index contributed by atoms with van der Waals surface area (Å²) in [6.07, 6.45) is 0.493. The lowest BCUT2D eigenvalue weighted by molar-refractivity contribution is -0.160. The monoisotopic (exact) mass is 337 g/mol. The minimum atomic E-state index is -2.97. The van der Waals surface area contributed by atoms with Crippen molar-refractivity contribution in [3.63, 3.8) is 0 Å². The van der Waals surface area contributed by atoms with Crippen LogP contribution in [0.4, 0.5) is 13.2 Å². The number of aromatic nitrogens is 2. The van der Waals surface area contributed by atoms with Crippen molar-refractivity contribution >= 4 is 5.91 Å². The van der Waals surface area contributed by atoms with Crippen LogP contribution in [0.2, 0.25) is 0 Å². The molecule has 0 N–H and O–H groups in total. The zero-order valence-corrected chi connectivity index (χ0v) is 12.6. The number of hydrogen-bond acceptors (Lipinski definition) is 4. The third kappa shape index (κ3) is 3.70. The van der Waals surface area contributed by atoms with Gasteiger partial charge in [-0.3, -0.25) is 4.79 Å². The third-order valence-corrected chi connectivity index (χ3v) is 3.77. The van der Waals surface area contributed by atoms with Crippen LogP contribution in [-0.2, 0) is 22.5 Å². The molecule has 0 saturated carbocycles. The van der Waals surface area contributed by atoms with Crippen LogP contribution in [-0.4, -0.2) is 40.8 Å². The fourth-order valence-electron chi connectivity index (χ4n) is 2.53. The number of alkyl halides is 2. The molecule has 0 radical (unpaired) electrons. The first-order chi connectivity index (χ1) is 11.5. The van der Waals surface area contributed by atoms with E-state index >= 15 is 0 Å². The van der Waals surface area contributed by atoms with Gasteiger partial charge in [0.2, 0.25) is 5.91 Å². The van der Waals surface area contributed by atoms with Gasteiger partial charge in [-0.2, -0.15) is 19.0 Å². The fraction of sp³-hybridized carbons (Fsp3) is 0.312. The predicted octanol–water partition coefficient (Wildman–Crippen LogP) is 2.41. The first-order valence-electron chi connectivity index (χ1n) is 7.32. The molecule has 8 heteroatoms. The summed E-state index contributed by atoms with van der Waals surface area (Å²) in [5.74, 6) is -0.846. The number of fused-ring (bicyclic) bond motifs is 1. The zero-order valence-electron chi connectivity index (χ0n) is 12.6. The van der Waals surface area contributed by atoms with E-state index in [4.69, 9.17) is 0 Å². The minimum Gasteiger partial charge on any atom is -0.336 e. The van der Waals surface area contributed by atoms with Gasteiger partial charge in [-0.05, 0) is 35.9 Å². The maximum Gasteiger partial charge on any atom is 0.345 e. The van der Waals surface area contributed by atoms with Crippen LogP contribution >= 0.6 is 0 Å². The van der Waals surface area contributed by atoms with Gasteiger partial charge in [0.25, 0.3) is 0 Å². The lowest BCUT2D eigenvalue weighted by atomic mass is 10.0. The first kappa shape index (κ1) is 16.4. The highest BCUT2D eigenvalue weighted by Crippen LogP contribution is 2.23. The van der Waals surface area contributed by atoms with Gasteiger partial charge >= 0.3 is 6.61 Å². The molecule has 0 bridgehead atoms. The standard InChI is InChI=1S/C16H14F3N3O2/c17-12-3-1-10(2-4-12)14-7-11-8-22(6-5-13(11)20-21-14)15(23)9-24-16(18)19/h1-4,7,16H,5-6,8-9H2. The molecule has 0 atom stereocenters. The molecule has 1 aromatic heterocycles. The second-order valence-electron chi connectivity index (χ2n) is 5.35. The number of carbonyl (C=O) groups is 1. The highest BCUT2D eigenvalue weighted by Gasteiger charge is 2.23. The summed E-state index contributed by atoms with van der Waals surface area (Å²) in [7, 11) is 0. The molecule has 0 saturated heterocycles. The molecule has 0 spiro atoms. The van der Waals surface area contributed by atoms with Crippen molar-refractivity contribution in [2.24, 2.45) is 0 Å². The predicted molar refractivity (Wildman–Crippen MR) is 78.5 cm³/mol. The number of carbonyl (C=O) groups excluding carboxylic acids is 1. The normalized spacial score (nSPS) is 13.9. The highest BCUT2D eigenvalue weighted by atomic mass is 19.3. The number of amides is 1. The van der Waals surface area contributed by atoms with Crippen LogP contribution in [0.25, 0.3) is 11.3 Å². The molecule has 0 unspecified atom stereocenters. The maximum atomic E-state index is 13.0. The Morgan fingerprint density at radius 3 is 2.71 bits per heavy atom. The molecule has 1 aliphatic heterocycles. The van der Waals surface area contributed by atoms with Gasteiger partial charge < -0.3 is 9.64 Å². The summed E-state index contributed by atoms with van der Waals surface area (Å²) in [6.45, 7) is -2.99. The largest absolute Gasteiger partial charge is 0.345 e. The lowest BCUT2D eigenvalue weighted by Crippen LogP contribution is -2.39. The Balaban J connectivity index is 1.76. The van der Waals surface area contributed by atoms with Crippen molar-refractivity contribution in [2.45, 2.75) is 19.6 Å². The minimum absolute atomic E-state index is 0.254.